The summed E-state index contributed by atoms with van der Waals surface area (Å²) in [6, 6.07) is 12.7. The number of hydrogen-bond acceptors (Lipinski definition) is 2. The van der Waals surface area contributed by atoms with Gasteiger partial charge in [-0.05, 0) is 45.8 Å². The van der Waals surface area contributed by atoms with Gasteiger partial charge in [0.25, 0.3) is 0 Å². The molecule has 0 saturated carbocycles. The second-order valence-corrected chi connectivity index (χ2v) is 6.46. The van der Waals surface area contributed by atoms with E-state index in [0.29, 0.717) is 21.4 Å². The predicted octanol–water partition coefficient (Wildman–Crippen LogP) is 3.99. The zero-order chi connectivity index (χ0) is 13.1. The fourth-order valence-electron chi connectivity index (χ4n) is 1.54. The van der Waals surface area contributed by atoms with Gasteiger partial charge >= 0.3 is 0 Å². The maximum absolute atomic E-state index is 12.2. The highest BCUT2D eigenvalue weighted by Gasteiger charge is 2.09. The monoisotopic (exact) mass is 343 g/mol. The average molecular weight is 345 g/mol. The van der Waals surface area contributed by atoms with Crippen LogP contribution in [0.5, 0.6) is 0 Å². The topological polar surface area (TPSA) is 43.1 Å². The number of rotatable bonds is 3. The summed E-state index contributed by atoms with van der Waals surface area (Å²) in [6.45, 7) is 0. The lowest BCUT2D eigenvalue weighted by molar-refractivity contribution is 0.682. The van der Waals surface area contributed by atoms with Crippen molar-refractivity contribution in [2.45, 2.75) is 10.6 Å². The SMILES string of the molecule is Nc1cc(CS(=O)c2ccccc2Cl)ccc1Br. The Morgan fingerprint density at radius 3 is 2.61 bits per heavy atom. The number of nitrogen functional groups attached to an aromatic ring is 1. The van der Waals surface area contributed by atoms with Gasteiger partial charge in [-0.15, -0.1) is 0 Å². The Bertz CT molecular complexity index is 603. The molecule has 0 aliphatic carbocycles. The van der Waals surface area contributed by atoms with E-state index in [1.807, 2.05) is 30.3 Å². The van der Waals surface area contributed by atoms with Gasteiger partial charge in [0.05, 0.1) is 26.5 Å². The molecule has 2 nitrogen and oxygen atoms in total. The van der Waals surface area contributed by atoms with Crippen molar-refractivity contribution in [1.29, 1.82) is 0 Å². The Balaban J connectivity index is 2.22. The van der Waals surface area contributed by atoms with E-state index in [9.17, 15) is 4.21 Å². The molecule has 5 heteroatoms. The van der Waals surface area contributed by atoms with Crippen molar-refractivity contribution in [3.8, 4) is 0 Å². The van der Waals surface area contributed by atoms with Crippen LogP contribution < -0.4 is 5.73 Å². The van der Waals surface area contributed by atoms with Crippen molar-refractivity contribution < 1.29 is 4.21 Å². The molecule has 0 spiro atoms. The van der Waals surface area contributed by atoms with Gasteiger partial charge in [-0.2, -0.15) is 0 Å². The first-order valence-electron chi connectivity index (χ1n) is 5.25. The molecule has 1 atom stereocenters. The summed E-state index contributed by atoms with van der Waals surface area (Å²) in [5.41, 5.74) is 7.36. The predicted molar refractivity (Wildman–Crippen MR) is 80.1 cm³/mol. The zero-order valence-corrected chi connectivity index (χ0v) is 12.6. The average Bonchev–Trinajstić information content (AvgIpc) is 2.34. The smallest absolute Gasteiger partial charge is 0.0589 e. The molecule has 2 aromatic carbocycles. The summed E-state index contributed by atoms with van der Waals surface area (Å²) in [5.74, 6) is 0.404. The molecular weight excluding hydrogens is 334 g/mol. The standard InChI is InChI=1S/C13H11BrClNOS/c14-10-6-5-9(7-12(10)16)8-18(17)13-4-2-1-3-11(13)15/h1-7H,8,16H2. The second-order valence-electron chi connectivity index (χ2n) is 3.78. The Hall–Kier alpha value is -0.840. The van der Waals surface area contributed by atoms with Gasteiger partial charge in [0, 0.05) is 10.2 Å². The molecule has 0 heterocycles. The zero-order valence-electron chi connectivity index (χ0n) is 9.40. The van der Waals surface area contributed by atoms with E-state index < -0.39 is 10.8 Å². The highest BCUT2D eigenvalue weighted by atomic mass is 79.9. The van der Waals surface area contributed by atoms with Crippen LogP contribution in [0.3, 0.4) is 0 Å². The normalized spacial score (nSPS) is 12.3. The van der Waals surface area contributed by atoms with Crippen LogP contribution in [0, 0.1) is 0 Å². The molecule has 94 valence electrons. The van der Waals surface area contributed by atoms with Gasteiger partial charge in [-0.25, -0.2) is 0 Å². The highest BCUT2D eigenvalue weighted by Crippen LogP contribution is 2.24. The quantitative estimate of drug-likeness (QED) is 0.855. The lowest BCUT2D eigenvalue weighted by atomic mass is 10.2. The summed E-state index contributed by atoms with van der Waals surface area (Å²) in [5, 5.41) is 0.529. The summed E-state index contributed by atoms with van der Waals surface area (Å²) in [6.07, 6.45) is 0. The maximum atomic E-state index is 12.2. The van der Waals surface area contributed by atoms with E-state index in [-0.39, 0.29) is 0 Å². The fraction of sp³-hybridized carbons (Fsp3) is 0.0769. The van der Waals surface area contributed by atoms with Crippen molar-refractivity contribution in [2.75, 3.05) is 5.73 Å². The van der Waals surface area contributed by atoms with Crippen LogP contribution in [0.15, 0.2) is 51.8 Å². The van der Waals surface area contributed by atoms with Crippen LogP contribution in [0.2, 0.25) is 5.02 Å². The molecular formula is C13H11BrClNOS. The molecule has 0 bridgehead atoms. The minimum atomic E-state index is -1.16. The Morgan fingerprint density at radius 2 is 1.94 bits per heavy atom. The van der Waals surface area contributed by atoms with Gasteiger partial charge in [0.15, 0.2) is 0 Å². The van der Waals surface area contributed by atoms with E-state index in [0.717, 1.165) is 10.0 Å². The summed E-state index contributed by atoms with van der Waals surface area (Å²) >= 11 is 9.35. The van der Waals surface area contributed by atoms with Crippen LogP contribution in [0.25, 0.3) is 0 Å². The molecule has 18 heavy (non-hydrogen) atoms. The van der Waals surface area contributed by atoms with Gasteiger partial charge in [0.1, 0.15) is 0 Å². The van der Waals surface area contributed by atoms with E-state index in [1.165, 1.54) is 0 Å². The third-order valence-corrected chi connectivity index (χ3v) is 5.05. The molecule has 0 amide bonds. The summed E-state index contributed by atoms with van der Waals surface area (Å²) in [4.78, 5) is 0.653. The minimum Gasteiger partial charge on any atom is -0.398 e. The molecule has 0 radical (unpaired) electrons. The summed E-state index contributed by atoms with van der Waals surface area (Å²) in [7, 11) is -1.16. The molecule has 0 fully saturated rings. The van der Waals surface area contributed by atoms with Crippen molar-refractivity contribution in [3.05, 3.63) is 57.5 Å². The van der Waals surface area contributed by atoms with E-state index in [2.05, 4.69) is 15.9 Å². The first kappa shape index (κ1) is 13.6. The minimum absolute atomic E-state index is 0.404. The van der Waals surface area contributed by atoms with Gasteiger partial charge in [-0.3, -0.25) is 4.21 Å². The first-order valence-corrected chi connectivity index (χ1v) is 7.73. The van der Waals surface area contributed by atoms with Crippen molar-refractivity contribution >= 4 is 44.0 Å². The van der Waals surface area contributed by atoms with Crippen LogP contribution >= 0.6 is 27.5 Å². The van der Waals surface area contributed by atoms with Gasteiger partial charge in [-0.1, -0.05) is 29.8 Å². The van der Waals surface area contributed by atoms with Crippen LogP contribution in [-0.4, -0.2) is 4.21 Å². The van der Waals surface area contributed by atoms with Gasteiger partial charge in [0.2, 0.25) is 0 Å². The van der Waals surface area contributed by atoms with Gasteiger partial charge < -0.3 is 5.73 Å². The maximum Gasteiger partial charge on any atom is 0.0589 e. The lowest BCUT2D eigenvalue weighted by Gasteiger charge is -2.06. The highest BCUT2D eigenvalue weighted by molar-refractivity contribution is 9.10. The Morgan fingerprint density at radius 1 is 1.22 bits per heavy atom. The third kappa shape index (κ3) is 3.13. The van der Waals surface area contributed by atoms with Crippen LogP contribution in [0.4, 0.5) is 5.69 Å². The second kappa shape index (κ2) is 5.87. The number of hydrogen-bond donors (Lipinski definition) is 1. The molecule has 1 unspecified atom stereocenters. The van der Waals surface area contributed by atoms with E-state index in [4.69, 9.17) is 17.3 Å². The molecule has 2 rings (SSSR count). The first-order chi connectivity index (χ1) is 8.58. The van der Waals surface area contributed by atoms with Crippen molar-refractivity contribution in [1.82, 2.24) is 0 Å². The molecule has 0 aliphatic rings. The molecule has 2 aromatic rings. The van der Waals surface area contributed by atoms with E-state index >= 15 is 0 Å². The largest absolute Gasteiger partial charge is 0.398 e. The Kier molecular flexibility index (Phi) is 4.43. The number of nitrogens with two attached hydrogens (primary N) is 1. The fourth-order valence-corrected chi connectivity index (χ4v) is 3.34. The number of anilines is 1. The molecule has 2 N–H and O–H groups in total. The van der Waals surface area contributed by atoms with Crippen LogP contribution in [-0.2, 0) is 16.6 Å². The molecule has 0 aliphatic heterocycles. The number of halogens is 2. The van der Waals surface area contributed by atoms with Crippen molar-refractivity contribution in [2.24, 2.45) is 0 Å². The lowest BCUT2D eigenvalue weighted by Crippen LogP contribution is -1.98. The van der Waals surface area contributed by atoms with Crippen molar-refractivity contribution in [3.63, 3.8) is 0 Å². The Labute approximate surface area is 122 Å². The number of benzene rings is 2. The van der Waals surface area contributed by atoms with E-state index in [1.54, 1.807) is 12.1 Å². The third-order valence-electron chi connectivity index (χ3n) is 2.44. The molecule has 0 aromatic heterocycles. The molecule has 0 saturated heterocycles. The van der Waals surface area contributed by atoms with Crippen LogP contribution in [0.1, 0.15) is 5.56 Å². The summed E-state index contributed by atoms with van der Waals surface area (Å²) < 4.78 is 13.0.